The highest BCUT2D eigenvalue weighted by atomic mass is 32.1. The Morgan fingerprint density at radius 2 is 1.94 bits per heavy atom. The van der Waals surface area contributed by atoms with Gasteiger partial charge in [0.2, 0.25) is 5.91 Å². The molecule has 0 radical (unpaired) electrons. The number of rotatable bonds is 2. The highest BCUT2D eigenvalue weighted by Gasteiger charge is 2.53. The first kappa shape index (κ1) is 14.2. The summed E-state index contributed by atoms with van der Waals surface area (Å²) in [4.78, 5) is 17.0. The van der Waals surface area contributed by atoms with Crippen LogP contribution >= 0.6 is 12.6 Å². The lowest BCUT2D eigenvalue weighted by atomic mass is 9.91. The topological polar surface area (TPSA) is 23.6 Å². The van der Waals surface area contributed by atoms with Gasteiger partial charge in [-0.25, -0.2) is 0 Å². The Balaban J connectivity index is 2.01. The number of carbonyl (C=O) groups is 1. The minimum Gasteiger partial charge on any atom is -0.334 e. The van der Waals surface area contributed by atoms with E-state index in [1.807, 2.05) is 0 Å². The first-order valence-electron chi connectivity index (χ1n) is 6.96. The van der Waals surface area contributed by atoms with Gasteiger partial charge in [0.05, 0.1) is 10.9 Å². The molecule has 1 heterocycles. The zero-order chi connectivity index (χ0) is 13.6. The van der Waals surface area contributed by atoms with Crippen LogP contribution in [0, 0.1) is 5.41 Å². The summed E-state index contributed by atoms with van der Waals surface area (Å²) in [5, 5.41) is 0.294. The average Bonchev–Trinajstić information content (AvgIpc) is 2.95. The van der Waals surface area contributed by atoms with Gasteiger partial charge in [-0.15, -0.1) is 0 Å². The zero-order valence-corrected chi connectivity index (χ0v) is 13.0. The molecule has 1 saturated carbocycles. The SMILES string of the molecule is CC(S)N1CCN(C(=O)CC(C)(C)C)C2(CC2)C1. The quantitative estimate of drug-likeness (QED) is 0.779. The van der Waals surface area contributed by atoms with Gasteiger partial charge < -0.3 is 4.90 Å². The van der Waals surface area contributed by atoms with Crippen molar-refractivity contribution in [3.8, 4) is 0 Å². The molecule has 1 aliphatic heterocycles. The zero-order valence-electron chi connectivity index (χ0n) is 12.1. The second kappa shape index (κ2) is 4.71. The summed E-state index contributed by atoms with van der Waals surface area (Å²) >= 11 is 4.52. The Bertz CT molecular complexity index is 331. The highest BCUT2D eigenvalue weighted by Crippen LogP contribution is 2.45. The summed E-state index contributed by atoms with van der Waals surface area (Å²) in [7, 11) is 0. The molecule has 104 valence electrons. The summed E-state index contributed by atoms with van der Waals surface area (Å²) in [5.74, 6) is 0.339. The molecular weight excluding hydrogens is 244 g/mol. The van der Waals surface area contributed by atoms with Gasteiger partial charge in [-0.05, 0) is 25.2 Å². The Morgan fingerprint density at radius 1 is 1.33 bits per heavy atom. The number of nitrogens with zero attached hydrogens (tertiary/aromatic N) is 2. The molecule has 0 bridgehead atoms. The monoisotopic (exact) mass is 270 g/mol. The van der Waals surface area contributed by atoms with E-state index < -0.39 is 0 Å². The number of amides is 1. The maximum atomic E-state index is 12.4. The van der Waals surface area contributed by atoms with Crippen molar-refractivity contribution >= 4 is 18.5 Å². The fraction of sp³-hybridized carbons (Fsp3) is 0.929. The first-order valence-corrected chi connectivity index (χ1v) is 7.48. The maximum Gasteiger partial charge on any atom is 0.223 e. The third-order valence-corrected chi connectivity index (χ3v) is 4.35. The van der Waals surface area contributed by atoms with Crippen molar-refractivity contribution in [2.75, 3.05) is 19.6 Å². The summed E-state index contributed by atoms with van der Waals surface area (Å²) in [5.41, 5.74) is 0.235. The minimum atomic E-state index is 0.0845. The van der Waals surface area contributed by atoms with Crippen LogP contribution < -0.4 is 0 Å². The number of thiol groups is 1. The van der Waals surface area contributed by atoms with Crippen molar-refractivity contribution in [3.05, 3.63) is 0 Å². The van der Waals surface area contributed by atoms with Crippen molar-refractivity contribution in [3.63, 3.8) is 0 Å². The van der Waals surface area contributed by atoms with Crippen molar-refractivity contribution in [1.29, 1.82) is 0 Å². The molecule has 0 aromatic carbocycles. The van der Waals surface area contributed by atoms with Crippen LogP contribution in [0.1, 0.15) is 47.0 Å². The third kappa shape index (κ3) is 3.02. The molecule has 1 unspecified atom stereocenters. The predicted octanol–water partition coefficient (Wildman–Crippen LogP) is 2.38. The van der Waals surface area contributed by atoms with Crippen LogP contribution in [0.3, 0.4) is 0 Å². The lowest BCUT2D eigenvalue weighted by molar-refractivity contribution is -0.139. The Kier molecular flexibility index (Phi) is 3.72. The van der Waals surface area contributed by atoms with E-state index in [-0.39, 0.29) is 11.0 Å². The van der Waals surface area contributed by atoms with Crippen molar-refractivity contribution in [2.24, 2.45) is 5.41 Å². The smallest absolute Gasteiger partial charge is 0.223 e. The van der Waals surface area contributed by atoms with Gasteiger partial charge in [-0.1, -0.05) is 20.8 Å². The van der Waals surface area contributed by atoms with Crippen LogP contribution in [0.2, 0.25) is 0 Å². The predicted molar refractivity (Wildman–Crippen MR) is 77.8 cm³/mol. The second-order valence-corrected chi connectivity index (χ2v) is 7.86. The number of piperazine rings is 1. The van der Waals surface area contributed by atoms with Gasteiger partial charge in [-0.2, -0.15) is 12.6 Å². The molecule has 1 atom stereocenters. The molecule has 2 fully saturated rings. The van der Waals surface area contributed by atoms with Crippen LogP contribution in [0.4, 0.5) is 0 Å². The van der Waals surface area contributed by atoms with Crippen molar-refractivity contribution < 1.29 is 4.79 Å². The van der Waals surface area contributed by atoms with Crippen LogP contribution in [-0.4, -0.2) is 46.3 Å². The summed E-state index contributed by atoms with van der Waals surface area (Å²) in [6.07, 6.45) is 2.99. The molecule has 4 heteroatoms. The molecule has 1 spiro atoms. The third-order valence-electron chi connectivity index (χ3n) is 4.02. The molecule has 1 amide bonds. The highest BCUT2D eigenvalue weighted by molar-refractivity contribution is 7.80. The van der Waals surface area contributed by atoms with E-state index in [9.17, 15) is 4.79 Å². The molecule has 1 saturated heterocycles. The Hall–Kier alpha value is -0.220. The largest absolute Gasteiger partial charge is 0.334 e. The number of hydrogen-bond acceptors (Lipinski definition) is 3. The molecule has 3 nitrogen and oxygen atoms in total. The molecular formula is C14H26N2OS. The normalized spacial score (nSPS) is 25.3. The van der Waals surface area contributed by atoms with Gasteiger partial charge in [0.15, 0.2) is 0 Å². The van der Waals surface area contributed by atoms with E-state index in [1.54, 1.807) is 0 Å². The first-order chi connectivity index (χ1) is 8.23. The van der Waals surface area contributed by atoms with Crippen LogP contribution in [0.15, 0.2) is 0 Å². The summed E-state index contributed by atoms with van der Waals surface area (Å²) in [6, 6.07) is 0. The second-order valence-electron chi connectivity index (χ2n) is 7.11. The van der Waals surface area contributed by atoms with Crippen LogP contribution in [-0.2, 0) is 4.79 Å². The molecule has 2 aliphatic rings. The standard InChI is InChI=1S/C14H26N2OS/c1-11(18)15-7-8-16(14(10-15)5-6-14)12(17)9-13(2,3)4/h11,18H,5-10H2,1-4H3. The van der Waals surface area contributed by atoms with Gasteiger partial charge in [0.1, 0.15) is 0 Å². The summed E-state index contributed by atoms with van der Waals surface area (Å²) in [6.45, 7) is 11.4. The molecule has 0 aromatic rings. The lowest BCUT2D eigenvalue weighted by Gasteiger charge is -2.44. The average molecular weight is 270 g/mol. The van der Waals surface area contributed by atoms with Crippen molar-refractivity contribution in [1.82, 2.24) is 9.80 Å². The van der Waals surface area contributed by atoms with Gasteiger partial charge >= 0.3 is 0 Å². The van der Waals surface area contributed by atoms with Gasteiger partial charge in [-0.3, -0.25) is 9.69 Å². The van der Waals surface area contributed by atoms with E-state index in [1.165, 1.54) is 12.8 Å². The number of hydrogen-bond donors (Lipinski definition) is 1. The van der Waals surface area contributed by atoms with E-state index in [0.29, 0.717) is 17.7 Å². The maximum absolute atomic E-state index is 12.4. The molecule has 0 aromatic heterocycles. The van der Waals surface area contributed by atoms with E-state index in [4.69, 9.17) is 0 Å². The van der Waals surface area contributed by atoms with Crippen LogP contribution in [0.25, 0.3) is 0 Å². The Morgan fingerprint density at radius 3 is 2.39 bits per heavy atom. The molecule has 1 aliphatic carbocycles. The van der Waals surface area contributed by atoms with Gasteiger partial charge in [0, 0.05) is 26.1 Å². The lowest BCUT2D eigenvalue weighted by Crippen LogP contribution is -2.58. The van der Waals surface area contributed by atoms with E-state index in [0.717, 1.165) is 19.6 Å². The van der Waals surface area contributed by atoms with Crippen LogP contribution in [0.5, 0.6) is 0 Å². The van der Waals surface area contributed by atoms with Gasteiger partial charge in [0.25, 0.3) is 0 Å². The Labute approximate surface area is 116 Å². The molecule has 0 N–H and O–H groups in total. The van der Waals surface area contributed by atoms with Crippen molar-refractivity contribution in [2.45, 2.75) is 57.9 Å². The fourth-order valence-corrected chi connectivity index (χ4v) is 3.03. The molecule has 18 heavy (non-hydrogen) atoms. The fourth-order valence-electron chi connectivity index (χ4n) is 2.84. The van der Waals surface area contributed by atoms with E-state index >= 15 is 0 Å². The molecule has 2 rings (SSSR count). The van der Waals surface area contributed by atoms with E-state index in [2.05, 4.69) is 50.1 Å². The number of carbonyl (C=O) groups excluding carboxylic acids is 1. The summed E-state index contributed by atoms with van der Waals surface area (Å²) < 4.78 is 0. The minimum absolute atomic E-state index is 0.0845.